The lowest BCUT2D eigenvalue weighted by Crippen LogP contribution is -2.28. The Morgan fingerprint density at radius 2 is 2.12 bits per heavy atom. The van der Waals surface area contributed by atoms with Gasteiger partial charge in [0.15, 0.2) is 0 Å². The van der Waals surface area contributed by atoms with E-state index in [1.165, 1.54) is 25.2 Å². The SMILES string of the molecule is CN(CCCl)S(=O)(=O)c1cccc([N+](=O)[O-])c1. The smallest absolute Gasteiger partial charge is 0.258 e. The summed E-state index contributed by atoms with van der Waals surface area (Å²) in [7, 11) is -2.34. The fraction of sp³-hybridized carbons (Fsp3) is 0.333. The number of nitrogens with zero attached hydrogens (tertiary/aromatic N) is 2. The molecule has 1 aromatic carbocycles. The fourth-order valence-corrected chi connectivity index (χ4v) is 2.74. The summed E-state index contributed by atoms with van der Waals surface area (Å²) in [5.41, 5.74) is -0.259. The molecular formula is C9H11ClN2O4S. The Hall–Kier alpha value is -1.18. The second-order valence-electron chi connectivity index (χ2n) is 3.27. The molecule has 0 N–H and O–H groups in total. The number of hydrogen-bond acceptors (Lipinski definition) is 4. The van der Waals surface area contributed by atoms with Crippen molar-refractivity contribution in [3.8, 4) is 0 Å². The topological polar surface area (TPSA) is 80.5 Å². The fourth-order valence-electron chi connectivity index (χ4n) is 1.18. The Bertz CT molecular complexity index is 517. The number of nitro groups is 1. The molecule has 0 aliphatic rings. The van der Waals surface area contributed by atoms with Crippen LogP contribution in [-0.4, -0.2) is 37.1 Å². The van der Waals surface area contributed by atoms with Gasteiger partial charge >= 0.3 is 0 Å². The molecule has 0 bridgehead atoms. The van der Waals surface area contributed by atoms with Crippen LogP contribution in [0.1, 0.15) is 0 Å². The lowest BCUT2D eigenvalue weighted by molar-refractivity contribution is -0.385. The van der Waals surface area contributed by atoms with E-state index < -0.39 is 14.9 Å². The third-order valence-electron chi connectivity index (χ3n) is 2.14. The van der Waals surface area contributed by atoms with Crippen molar-refractivity contribution in [1.82, 2.24) is 4.31 Å². The summed E-state index contributed by atoms with van der Waals surface area (Å²) in [6.07, 6.45) is 0. The lowest BCUT2D eigenvalue weighted by atomic mass is 10.3. The molecule has 0 unspecified atom stereocenters. The Kier molecular flexibility index (Phi) is 4.44. The Balaban J connectivity index is 3.15. The second kappa shape index (κ2) is 5.44. The zero-order valence-corrected chi connectivity index (χ0v) is 10.6. The van der Waals surface area contributed by atoms with Crippen molar-refractivity contribution in [2.24, 2.45) is 0 Å². The van der Waals surface area contributed by atoms with Crippen LogP contribution in [0, 0.1) is 10.1 Å². The van der Waals surface area contributed by atoms with Crippen LogP contribution in [0.3, 0.4) is 0 Å². The van der Waals surface area contributed by atoms with Gasteiger partial charge in [-0.05, 0) is 6.07 Å². The van der Waals surface area contributed by atoms with Crippen LogP contribution in [0.15, 0.2) is 29.2 Å². The molecule has 0 saturated heterocycles. The zero-order valence-electron chi connectivity index (χ0n) is 9.04. The van der Waals surface area contributed by atoms with Crippen LogP contribution >= 0.6 is 11.6 Å². The number of nitro benzene ring substituents is 1. The molecule has 8 heteroatoms. The first-order chi connectivity index (χ1) is 7.89. The van der Waals surface area contributed by atoms with Crippen LogP contribution in [0.5, 0.6) is 0 Å². The minimum Gasteiger partial charge on any atom is -0.258 e. The van der Waals surface area contributed by atoms with Gasteiger partial charge in [0.25, 0.3) is 5.69 Å². The molecule has 0 aliphatic carbocycles. The number of hydrogen-bond donors (Lipinski definition) is 0. The summed E-state index contributed by atoms with van der Waals surface area (Å²) in [6, 6.07) is 4.91. The van der Waals surface area contributed by atoms with Gasteiger partial charge in [0.1, 0.15) is 0 Å². The van der Waals surface area contributed by atoms with Gasteiger partial charge in [-0.1, -0.05) is 6.07 Å². The number of rotatable bonds is 5. The van der Waals surface area contributed by atoms with E-state index in [1.807, 2.05) is 0 Å². The van der Waals surface area contributed by atoms with Gasteiger partial charge in [0.05, 0.1) is 9.82 Å². The molecule has 0 radical (unpaired) electrons. The van der Waals surface area contributed by atoms with Gasteiger partial charge in [-0.3, -0.25) is 10.1 Å². The summed E-state index contributed by atoms with van der Waals surface area (Å²) in [5, 5.41) is 10.6. The highest BCUT2D eigenvalue weighted by atomic mass is 35.5. The highest BCUT2D eigenvalue weighted by Crippen LogP contribution is 2.19. The monoisotopic (exact) mass is 278 g/mol. The molecule has 1 aromatic rings. The van der Waals surface area contributed by atoms with Crippen molar-refractivity contribution in [2.45, 2.75) is 4.90 Å². The van der Waals surface area contributed by atoms with Crippen LogP contribution in [0.2, 0.25) is 0 Å². The maximum absolute atomic E-state index is 11.9. The molecule has 6 nitrogen and oxygen atoms in total. The maximum Gasteiger partial charge on any atom is 0.270 e. The lowest BCUT2D eigenvalue weighted by Gasteiger charge is -2.15. The summed E-state index contributed by atoms with van der Waals surface area (Å²) in [4.78, 5) is 9.80. The number of alkyl halides is 1. The zero-order chi connectivity index (χ0) is 13.1. The van der Waals surface area contributed by atoms with E-state index in [2.05, 4.69) is 0 Å². The largest absolute Gasteiger partial charge is 0.270 e. The van der Waals surface area contributed by atoms with E-state index >= 15 is 0 Å². The van der Waals surface area contributed by atoms with Crippen molar-refractivity contribution >= 4 is 27.3 Å². The summed E-state index contributed by atoms with van der Waals surface area (Å²) >= 11 is 5.46. The van der Waals surface area contributed by atoms with Crippen molar-refractivity contribution in [2.75, 3.05) is 19.5 Å². The van der Waals surface area contributed by atoms with Gasteiger partial charge in [0.2, 0.25) is 10.0 Å². The summed E-state index contributed by atoms with van der Waals surface area (Å²) < 4.78 is 24.9. The van der Waals surface area contributed by atoms with Crippen LogP contribution < -0.4 is 0 Å². The minimum absolute atomic E-state index is 0.112. The molecular weight excluding hydrogens is 268 g/mol. The number of sulfonamides is 1. The molecule has 94 valence electrons. The van der Waals surface area contributed by atoms with E-state index in [4.69, 9.17) is 11.6 Å². The van der Waals surface area contributed by atoms with Crippen molar-refractivity contribution in [3.05, 3.63) is 34.4 Å². The minimum atomic E-state index is -3.71. The number of benzene rings is 1. The van der Waals surface area contributed by atoms with E-state index in [9.17, 15) is 18.5 Å². The van der Waals surface area contributed by atoms with Crippen LogP contribution in [0.4, 0.5) is 5.69 Å². The van der Waals surface area contributed by atoms with Gasteiger partial charge < -0.3 is 0 Å². The molecule has 17 heavy (non-hydrogen) atoms. The average molecular weight is 279 g/mol. The van der Waals surface area contributed by atoms with Crippen LogP contribution in [0.25, 0.3) is 0 Å². The maximum atomic E-state index is 11.9. The third-order valence-corrected chi connectivity index (χ3v) is 4.16. The van der Waals surface area contributed by atoms with E-state index in [1.54, 1.807) is 0 Å². The average Bonchev–Trinajstić information content (AvgIpc) is 2.29. The second-order valence-corrected chi connectivity index (χ2v) is 5.69. The van der Waals surface area contributed by atoms with Crippen molar-refractivity contribution < 1.29 is 13.3 Å². The number of halogens is 1. The molecule has 0 aliphatic heterocycles. The molecule has 0 fully saturated rings. The van der Waals surface area contributed by atoms with Crippen molar-refractivity contribution in [1.29, 1.82) is 0 Å². The highest BCUT2D eigenvalue weighted by Gasteiger charge is 2.22. The standard InChI is InChI=1S/C9H11ClN2O4S/c1-11(6-5-10)17(15,16)9-4-2-3-8(7-9)12(13)14/h2-4,7H,5-6H2,1H3. The van der Waals surface area contributed by atoms with Gasteiger partial charge in [-0.25, -0.2) is 8.42 Å². The molecule has 0 atom stereocenters. The molecule has 0 saturated carbocycles. The highest BCUT2D eigenvalue weighted by molar-refractivity contribution is 7.89. The van der Waals surface area contributed by atoms with E-state index in [0.717, 1.165) is 10.4 Å². The molecule has 1 rings (SSSR count). The van der Waals surface area contributed by atoms with E-state index in [0.29, 0.717) is 0 Å². The van der Waals surface area contributed by atoms with Gasteiger partial charge in [0, 0.05) is 31.6 Å². The Morgan fingerprint density at radius 1 is 1.47 bits per heavy atom. The Morgan fingerprint density at radius 3 is 2.65 bits per heavy atom. The third kappa shape index (κ3) is 3.15. The Labute approximate surface area is 104 Å². The van der Waals surface area contributed by atoms with E-state index in [-0.39, 0.29) is 23.0 Å². The van der Waals surface area contributed by atoms with Gasteiger partial charge in [-0.15, -0.1) is 11.6 Å². The summed E-state index contributed by atoms with van der Waals surface area (Å²) in [6.45, 7) is 0.145. The molecule has 0 amide bonds. The van der Waals surface area contributed by atoms with Crippen LogP contribution in [-0.2, 0) is 10.0 Å². The normalized spacial score (nSPS) is 11.7. The summed E-state index contributed by atoms with van der Waals surface area (Å²) in [5.74, 6) is 0.157. The van der Waals surface area contributed by atoms with Gasteiger partial charge in [-0.2, -0.15) is 4.31 Å². The molecule has 0 spiro atoms. The predicted molar refractivity (Wildman–Crippen MR) is 63.6 cm³/mol. The first-order valence-corrected chi connectivity index (χ1v) is 6.64. The first-order valence-electron chi connectivity index (χ1n) is 4.66. The molecule has 0 heterocycles. The quantitative estimate of drug-likeness (QED) is 0.464. The first kappa shape index (κ1) is 13.9. The van der Waals surface area contributed by atoms with Crippen molar-refractivity contribution in [3.63, 3.8) is 0 Å². The predicted octanol–water partition coefficient (Wildman–Crippen LogP) is 1.45. The molecule has 0 aromatic heterocycles. The number of non-ortho nitro benzene ring substituents is 1.